The summed E-state index contributed by atoms with van der Waals surface area (Å²) in [6, 6.07) is 12.2. The molecular weight excluding hydrogens is 287 g/mol. The highest BCUT2D eigenvalue weighted by Gasteiger charge is 2.16. The standard InChI is InChI=1S/C16H13FN2OS/c1-9-6-7-10(8-12(9)17)19-16(20)15-14(18)11-4-2-3-5-13(11)21-15/h2-8H,18H2,1H3,(H,19,20). The summed E-state index contributed by atoms with van der Waals surface area (Å²) in [7, 11) is 0. The van der Waals surface area contributed by atoms with Crippen molar-refractivity contribution in [2.45, 2.75) is 6.92 Å². The number of carbonyl (C=O) groups excluding carboxylic acids is 1. The average Bonchev–Trinajstić information content (AvgIpc) is 2.81. The van der Waals surface area contributed by atoms with Gasteiger partial charge in [0.05, 0.1) is 5.69 Å². The van der Waals surface area contributed by atoms with Crippen molar-refractivity contribution in [3.63, 3.8) is 0 Å². The molecule has 0 aliphatic carbocycles. The number of hydrogen-bond acceptors (Lipinski definition) is 3. The second-order valence-electron chi connectivity index (χ2n) is 4.76. The number of nitrogen functional groups attached to an aromatic ring is 1. The number of hydrogen-bond donors (Lipinski definition) is 2. The van der Waals surface area contributed by atoms with Gasteiger partial charge >= 0.3 is 0 Å². The third-order valence-corrected chi connectivity index (χ3v) is 4.46. The number of carbonyl (C=O) groups is 1. The Labute approximate surface area is 125 Å². The molecule has 3 aromatic rings. The van der Waals surface area contributed by atoms with Crippen molar-refractivity contribution in [3.8, 4) is 0 Å². The summed E-state index contributed by atoms with van der Waals surface area (Å²) in [5.41, 5.74) is 7.44. The molecule has 0 aliphatic heterocycles. The van der Waals surface area contributed by atoms with Crippen molar-refractivity contribution in [2.75, 3.05) is 11.1 Å². The molecule has 5 heteroatoms. The van der Waals surface area contributed by atoms with Crippen LogP contribution in [0.5, 0.6) is 0 Å². The van der Waals surface area contributed by atoms with E-state index in [9.17, 15) is 9.18 Å². The minimum atomic E-state index is -0.350. The van der Waals surface area contributed by atoms with E-state index in [4.69, 9.17) is 5.73 Å². The zero-order valence-corrected chi connectivity index (χ0v) is 12.1. The Morgan fingerprint density at radius 1 is 1.24 bits per heavy atom. The second kappa shape index (κ2) is 5.18. The lowest BCUT2D eigenvalue weighted by molar-refractivity contribution is 0.103. The van der Waals surface area contributed by atoms with Crippen LogP contribution in [-0.4, -0.2) is 5.91 Å². The van der Waals surface area contributed by atoms with Crippen LogP contribution in [-0.2, 0) is 0 Å². The molecule has 0 fully saturated rings. The molecule has 0 aliphatic rings. The van der Waals surface area contributed by atoms with Crippen LogP contribution < -0.4 is 11.1 Å². The van der Waals surface area contributed by atoms with E-state index < -0.39 is 0 Å². The second-order valence-corrected chi connectivity index (χ2v) is 5.81. The monoisotopic (exact) mass is 300 g/mol. The smallest absolute Gasteiger partial charge is 0.267 e. The fraction of sp³-hybridized carbons (Fsp3) is 0.0625. The van der Waals surface area contributed by atoms with Gasteiger partial charge in [-0.15, -0.1) is 11.3 Å². The van der Waals surface area contributed by atoms with Crippen LogP contribution >= 0.6 is 11.3 Å². The zero-order chi connectivity index (χ0) is 15.0. The van der Waals surface area contributed by atoms with Crippen LogP contribution in [0, 0.1) is 12.7 Å². The minimum Gasteiger partial charge on any atom is -0.397 e. The van der Waals surface area contributed by atoms with Gasteiger partial charge < -0.3 is 11.1 Å². The van der Waals surface area contributed by atoms with Crippen molar-refractivity contribution in [3.05, 3.63) is 58.7 Å². The summed E-state index contributed by atoms with van der Waals surface area (Å²) in [6.07, 6.45) is 0. The summed E-state index contributed by atoms with van der Waals surface area (Å²) in [4.78, 5) is 12.7. The highest BCUT2D eigenvalue weighted by atomic mass is 32.1. The SMILES string of the molecule is Cc1ccc(NC(=O)c2sc3ccccc3c2N)cc1F. The molecule has 0 atom stereocenters. The van der Waals surface area contributed by atoms with Crippen molar-refractivity contribution in [2.24, 2.45) is 0 Å². The number of benzene rings is 2. The lowest BCUT2D eigenvalue weighted by atomic mass is 10.2. The quantitative estimate of drug-likeness (QED) is 0.746. The zero-order valence-electron chi connectivity index (χ0n) is 11.3. The number of halogens is 1. The van der Waals surface area contributed by atoms with E-state index in [-0.39, 0.29) is 11.7 Å². The maximum Gasteiger partial charge on any atom is 0.267 e. The highest BCUT2D eigenvalue weighted by Crippen LogP contribution is 2.33. The number of nitrogens with one attached hydrogen (secondary N) is 1. The van der Waals surface area contributed by atoms with Gasteiger partial charge in [0.2, 0.25) is 0 Å². The number of fused-ring (bicyclic) bond motifs is 1. The van der Waals surface area contributed by atoms with E-state index in [2.05, 4.69) is 5.32 Å². The topological polar surface area (TPSA) is 55.1 Å². The van der Waals surface area contributed by atoms with Gasteiger partial charge in [0.15, 0.2) is 0 Å². The predicted molar refractivity (Wildman–Crippen MR) is 85.3 cm³/mol. The molecule has 0 radical (unpaired) electrons. The Morgan fingerprint density at radius 2 is 2.00 bits per heavy atom. The Balaban J connectivity index is 1.93. The number of rotatable bonds is 2. The van der Waals surface area contributed by atoms with Gasteiger partial charge in [0.25, 0.3) is 5.91 Å². The molecule has 21 heavy (non-hydrogen) atoms. The normalized spacial score (nSPS) is 10.8. The summed E-state index contributed by atoms with van der Waals surface area (Å²) in [6.45, 7) is 1.67. The summed E-state index contributed by atoms with van der Waals surface area (Å²) < 4.78 is 14.5. The van der Waals surface area contributed by atoms with Crippen LogP contribution in [0.1, 0.15) is 15.2 Å². The third kappa shape index (κ3) is 2.48. The van der Waals surface area contributed by atoms with Gasteiger partial charge in [-0.2, -0.15) is 0 Å². The number of nitrogens with two attached hydrogens (primary N) is 1. The third-order valence-electron chi connectivity index (χ3n) is 3.27. The molecule has 1 amide bonds. The summed E-state index contributed by atoms with van der Waals surface area (Å²) >= 11 is 1.33. The summed E-state index contributed by atoms with van der Waals surface area (Å²) in [5.74, 6) is -0.672. The molecule has 0 saturated heterocycles. The first-order valence-electron chi connectivity index (χ1n) is 6.41. The maximum absolute atomic E-state index is 13.5. The van der Waals surface area contributed by atoms with Crippen molar-refractivity contribution < 1.29 is 9.18 Å². The van der Waals surface area contributed by atoms with Crippen LogP contribution in [0.2, 0.25) is 0 Å². The molecule has 1 heterocycles. The minimum absolute atomic E-state index is 0.322. The fourth-order valence-corrected chi connectivity index (χ4v) is 3.11. The molecule has 0 saturated carbocycles. The highest BCUT2D eigenvalue weighted by molar-refractivity contribution is 7.21. The van der Waals surface area contributed by atoms with E-state index in [1.807, 2.05) is 24.3 Å². The number of amides is 1. The fourth-order valence-electron chi connectivity index (χ4n) is 2.09. The van der Waals surface area contributed by atoms with E-state index in [1.54, 1.807) is 19.1 Å². The largest absolute Gasteiger partial charge is 0.397 e. The van der Waals surface area contributed by atoms with Crippen LogP contribution in [0.3, 0.4) is 0 Å². The van der Waals surface area contributed by atoms with Gasteiger partial charge in [-0.05, 0) is 30.7 Å². The van der Waals surface area contributed by atoms with E-state index >= 15 is 0 Å². The first-order valence-corrected chi connectivity index (χ1v) is 7.22. The van der Waals surface area contributed by atoms with Crippen molar-refractivity contribution >= 4 is 38.7 Å². The van der Waals surface area contributed by atoms with Gasteiger partial charge in [-0.3, -0.25) is 4.79 Å². The first kappa shape index (κ1) is 13.6. The Kier molecular flexibility index (Phi) is 3.35. The van der Waals surface area contributed by atoms with Crippen LogP contribution in [0.4, 0.5) is 15.8 Å². The maximum atomic E-state index is 13.5. The number of anilines is 2. The molecule has 2 aromatic carbocycles. The molecule has 0 unspecified atom stereocenters. The van der Waals surface area contributed by atoms with Gasteiger partial charge in [-0.1, -0.05) is 24.3 Å². The number of aryl methyl sites for hydroxylation is 1. The lowest BCUT2D eigenvalue weighted by Gasteiger charge is -2.05. The van der Waals surface area contributed by atoms with Crippen molar-refractivity contribution in [1.82, 2.24) is 0 Å². The molecule has 106 valence electrons. The summed E-state index contributed by atoms with van der Waals surface area (Å²) in [5, 5.41) is 3.54. The number of thiophene rings is 1. The first-order chi connectivity index (χ1) is 10.1. The molecule has 0 bridgehead atoms. The molecule has 1 aromatic heterocycles. The molecule has 3 N–H and O–H groups in total. The van der Waals surface area contributed by atoms with E-state index in [0.717, 1.165) is 10.1 Å². The Hall–Kier alpha value is -2.40. The molecular formula is C16H13FN2OS. The van der Waals surface area contributed by atoms with E-state index in [0.29, 0.717) is 21.8 Å². The molecule has 0 spiro atoms. The molecule has 3 rings (SSSR count). The molecule has 3 nitrogen and oxygen atoms in total. The predicted octanol–water partition coefficient (Wildman–Crippen LogP) is 4.18. The van der Waals surface area contributed by atoms with Gasteiger partial charge in [0.1, 0.15) is 10.7 Å². The van der Waals surface area contributed by atoms with Gasteiger partial charge in [-0.25, -0.2) is 4.39 Å². The Morgan fingerprint density at radius 3 is 2.71 bits per heavy atom. The lowest BCUT2D eigenvalue weighted by Crippen LogP contribution is -2.12. The van der Waals surface area contributed by atoms with Crippen LogP contribution in [0.25, 0.3) is 10.1 Å². The van der Waals surface area contributed by atoms with Crippen molar-refractivity contribution in [1.29, 1.82) is 0 Å². The van der Waals surface area contributed by atoms with E-state index in [1.165, 1.54) is 17.4 Å². The Bertz CT molecular complexity index is 841. The average molecular weight is 300 g/mol. The van der Waals surface area contributed by atoms with Crippen LogP contribution in [0.15, 0.2) is 42.5 Å². The van der Waals surface area contributed by atoms with Gasteiger partial charge in [0, 0.05) is 15.8 Å².